The van der Waals surface area contributed by atoms with Crippen molar-refractivity contribution in [2.45, 2.75) is 13.3 Å². The number of benzene rings is 1. The first-order chi connectivity index (χ1) is 7.44. The molecule has 3 N–H and O–H groups in total. The Morgan fingerprint density at radius 2 is 2.12 bits per heavy atom. The van der Waals surface area contributed by atoms with Crippen molar-refractivity contribution < 1.29 is 13.2 Å². The summed E-state index contributed by atoms with van der Waals surface area (Å²) in [4.78, 5) is 11.5. The van der Waals surface area contributed by atoms with E-state index in [2.05, 4.69) is 0 Å². The van der Waals surface area contributed by atoms with Crippen LogP contribution in [0.2, 0.25) is 0 Å². The Morgan fingerprint density at radius 1 is 1.44 bits per heavy atom. The van der Waals surface area contributed by atoms with Crippen LogP contribution in [-0.2, 0) is 10.0 Å². The second-order valence-corrected chi connectivity index (χ2v) is 5.22. The van der Waals surface area contributed by atoms with Gasteiger partial charge in [-0.2, -0.15) is 0 Å². The number of nitrogens with two attached hydrogens (primary N) is 1. The van der Waals surface area contributed by atoms with Crippen LogP contribution in [0, 0.1) is 0 Å². The van der Waals surface area contributed by atoms with E-state index in [1.54, 1.807) is 19.1 Å². The van der Waals surface area contributed by atoms with E-state index >= 15 is 0 Å². The van der Waals surface area contributed by atoms with Gasteiger partial charge in [0, 0.05) is 11.3 Å². The van der Waals surface area contributed by atoms with Gasteiger partial charge in [-0.25, -0.2) is 13.1 Å². The summed E-state index contributed by atoms with van der Waals surface area (Å²) in [6, 6.07) is 6.15. The van der Waals surface area contributed by atoms with Crippen molar-refractivity contribution in [3.8, 4) is 0 Å². The summed E-state index contributed by atoms with van der Waals surface area (Å²) in [6.07, 6.45) is 0.458. The zero-order valence-electron chi connectivity index (χ0n) is 8.93. The number of hydrogen-bond donors (Lipinski definition) is 2. The average Bonchev–Trinajstić information content (AvgIpc) is 2.16. The van der Waals surface area contributed by atoms with E-state index in [-0.39, 0.29) is 11.3 Å². The Hall–Kier alpha value is -1.56. The lowest BCUT2D eigenvalue weighted by molar-refractivity contribution is 0.0981. The first-order valence-electron chi connectivity index (χ1n) is 4.85. The van der Waals surface area contributed by atoms with E-state index in [9.17, 15) is 13.2 Å². The highest BCUT2D eigenvalue weighted by atomic mass is 32.2. The molecule has 1 rings (SSSR count). The average molecular weight is 242 g/mol. The number of anilines is 1. The first-order valence-corrected chi connectivity index (χ1v) is 6.50. The number of hydrogen-bond acceptors (Lipinski definition) is 4. The molecule has 1 aromatic carbocycles. The van der Waals surface area contributed by atoms with Crippen LogP contribution in [0.3, 0.4) is 0 Å². The molecule has 0 radical (unpaired) electrons. The van der Waals surface area contributed by atoms with E-state index in [0.717, 1.165) is 0 Å². The first kappa shape index (κ1) is 12.5. The highest BCUT2D eigenvalue weighted by Gasteiger charge is 2.14. The molecule has 5 nitrogen and oxygen atoms in total. The molecule has 0 saturated heterocycles. The molecule has 88 valence electrons. The second kappa shape index (κ2) is 4.98. The maximum Gasteiger partial charge on any atom is 0.264 e. The van der Waals surface area contributed by atoms with E-state index in [4.69, 9.17) is 5.73 Å². The predicted molar refractivity (Wildman–Crippen MR) is 62.4 cm³/mol. The van der Waals surface area contributed by atoms with Crippen LogP contribution in [0.5, 0.6) is 0 Å². The van der Waals surface area contributed by atoms with Gasteiger partial charge in [-0.05, 0) is 24.6 Å². The van der Waals surface area contributed by atoms with Gasteiger partial charge in [0.2, 0.25) is 10.0 Å². The third-order valence-electron chi connectivity index (χ3n) is 1.87. The van der Waals surface area contributed by atoms with E-state index in [0.29, 0.717) is 12.1 Å². The molecule has 0 heterocycles. The number of sulfonamides is 1. The standard InChI is InChI=1S/C10H14N2O3S/c1-2-6-16(14,15)12-10(13)8-4-3-5-9(11)7-8/h3-5,7H,2,6,11H2,1H3,(H,12,13). The summed E-state index contributed by atoms with van der Waals surface area (Å²) >= 11 is 0. The zero-order valence-corrected chi connectivity index (χ0v) is 9.75. The quantitative estimate of drug-likeness (QED) is 0.762. The van der Waals surface area contributed by atoms with Crippen LogP contribution in [0.4, 0.5) is 5.69 Å². The maximum atomic E-state index is 11.5. The maximum absolute atomic E-state index is 11.5. The molecule has 0 saturated carbocycles. The largest absolute Gasteiger partial charge is 0.399 e. The highest BCUT2D eigenvalue weighted by molar-refractivity contribution is 7.90. The fraction of sp³-hybridized carbons (Fsp3) is 0.300. The van der Waals surface area contributed by atoms with Crippen molar-refractivity contribution in [3.63, 3.8) is 0 Å². The molecule has 0 bridgehead atoms. The molecule has 0 aliphatic rings. The lowest BCUT2D eigenvalue weighted by atomic mass is 10.2. The molecule has 16 heavy (non-hydrogen) atoms. The predicted octanol–water partition coefficient (Wildman–Crippen LogP) is 0.738. The third kappa shape index (κ3) is 3.54. The summed E-state index contributed by atoms with van der Waals surface area (Å²) in [7, 11) is -3.53. The van der Waals surface area contributed by atoms with Crippen molar-refractivity contribution in [1.29, 1.82) is 0 Å². The molecule has 0 spiro atoms. The van der Waals surface area contributed by atoms with Gasteiger partial charge in [0.05, 0.1) is 5.75 Å². The Labute approximate surface area is 94.7 Å². The van der Waals surface area contributed by atoms with Gasteiger partial charge in [-0.1, -0.05) is 13.0 Å². The van der Waals surface area contributed by atoms with Gasteiger partial charge in [0.25, 0.3) is 5.91 Å². The van der Waals surface area contributed by atoms with Gasteiger partial charge >= 0.3 is 0 Å². The molecular weight excluding hydrogens is 228 g/mol. The van der Waals surface area contributed by atoms with Gasteiger partial charge in [0.15, 0.2) is 0 Å². The van der Waals surface area contributed by atoms with Gasteiger partial charge in [-0.3, -0.25) is 4.79 Å². The topological polar surface area (TPSA) is 89.3 Å². The number of rotatable bonds is 4. The molecule has 1 aromatic rings. The van der Waals surface area contributed by atoms with Gasteiger partial charge < -0.3 is 5.73 Å². The van der Waals surface area contributed by atoms with Crippen molar-refractivity contribution in [3.05, 3.63) is 29.8 Å². The normalized spacial score (nSPS) is 11.1. The van der Waals surface area contributed by atoms with Crippen LogP contribution in [-0.4, -0.2) is 20.1 Å². The zero-order chi connectivity index (χ0) is 12.2. The van der Waals surface area contributed by atoms with Crippen LogP contribution < -0.4 is 10.5 Å². The molecule has 1 amide bonds. The minimum Gasteiger partial charge on any atom is -0.399 e. The van der Waals surface area contributed by atoms with E-state index < -0.39 is 15.9 Å². The summed E-state index contributed by atoms with van der Waals surface area (Å²) in [5.41, 5.74) is 6.14. The third-order valence-corrected chi connectivity index (χ3v) is 3.31. The number of carbonyl (C=O) groups excluding carboxylic acids is 1. The lowest BCUT2D eigenvalue weighted by Crippen LogP contribution is -2.32. The molecule has 6 heteroatoms. The molecule has 0 aliphatic carbocycles. The molecule has 0 aromatic heterocycles. The molecular formula is C10H14N2O3S. The molecule has 0 unspecified atom stereocenters. The summed E-state index contributed by atoms with van der Waals surface area (Å²) < 4.78 is 24.7. The highest BCUT2D eigenvalue weighted by Crippen LogP contribution is 2.06. The number of carbonyl (C=O) groups is 1. The minimum atomic E-state index is -3.53. The smallest absolute Gasteiger partial charge is 0.264 e. The second-order valence-electron chi connectivity index (χ2n) is 3.38. The SMILES string of the molecule is CCCS(=O)(=O)NC(=O)c1cccc(N)c1. The number of amides is 1. The molecule has 0 aliphatic heterocycles. The van der Waals surface area contributed by atoms with Crippen molar-refractivity contribution in [1.82, 2.24) is 4.72 Å². The lowest BCUT2D eigenvalue weighted by Gasteiger charge is -2.05. The summed E-state index contributed by atoms with van der Waals surface area (Å²) in [6.45, 7) is 1.73. The van der Waals surface area contributed by atoms with Crippen molar-refractivity contribution in [2.75, 3.05) is 11.5 Å². The fourth-order valence-electron chi connectivity index (χ4n) is 1.20. The van der Waals surface area contributed by atoms with Crippen molar-refractivity contribution >= 4 is 21.6 Å². The van der Waals surface area contributed by atoms with Crippen molar-refractivity contribution in [2.24, 2.45) is 0 Å². The van der Waals surface area contributed by atoms with Crippen LogP contribution >= 0.6 is 0 Å². The monoisotopic (exact) mass is 242 g/mol. The number of nitrogen functional groups attached to an aromatic ring is 1. The van der Waals surface area contributed by atoms with Gasteiger partial charge in [-0.15, -0.1) is 0 Å². The van der Waals surface area contributed by atoms with Crippen LogP contribution in [0.25, 0.3) is 0 Å². The Kier molecular flexibility index (Phi) is 3.89. The Morgan fingerprint density at radius 3 is 2.69 bits per heavy atom. The minimum absolute atomic E-state index is 0.0684. The summed E-state index contributed by atoms with van der Waals surface area (Å²) in [5, 5.41) is 0. The Bertz CT molecular complexity index is 483. The van der Waals surface area contributed by atoms with Crippen LogP contribution in [0.15, 0.2) is 24.3 Å². The van der Waals surface area contributed by atoms with E-state index in [1.165, 1.54) is 12.1 Å². The van der Waals surface area contributed by atoms with Gasteiger partial charge in [0.1, 0.15) is 0 Å². The summed E-state index contributed by atoms with van der Waals surface area (Å²) in [5.74, 6) is -0.720. The fourth-order valence-corrected chi connectivity index (χ4v) is 2.24. The molecule has 0 atom stereocenters. The number of nitrogens with one attached hydrogen (secondary N) is 1. The van der Waals surface area contributed by atoms with Crippen LogP contribution in [0.1, 0.15) is 23.7 Å². The Balaban J connectivity index is 2.81. The molecule has 0 fully saturated rings. The van der Waals surface area contributed by atoms with E-state index in [1.807, 2.05) is 4.72 Å².